The lowest BCUT2D eigenvalue weighted by Crippen LogP contribution is -2.59. The van der Waals surface area contributed by atoms with Crippen molar-refractivity contribution in [2.75, 3.05) is 12.4 Å². The van der Waals surface area contributed by atoms with Crippen molar-refractivity contribution in [3.63, 3.8) is 0 Å². The number of nitrogens with zero attached hydrogens (tertiary/aromatic N) is 1. The highest BCUT2D eigenvalue weighted by Gasteiger charge is 2.75. The van der Waals surface area contributed by atoms with Gasteiger partial charge in [-0.15, -0.1) is 0 Å². The summed E-state index contributed by atoms with van der Waals surface area (Å²) in [6.07, 6.45) is -5.26. The van der Waals surface area contributed by atoms with E-state index in [1.807, 2.05) is 0 Å². The average molecular weight is 559 g/mol. The summed E-state index contributed by atoms with van der Waals surface area (Å²) < 4.78 is 167. The molecule has 0 N–H and O–H groups in total. The number of ether oxygens (including phenoxy) is 1. The Bertz CT molecular complexity index is 1040. The van der Waals surface area contributed by atoms with Gasteiger partial charge in [-0.3, -0.25) is 14.9 Å². The van der Waals surface area contributed by atoms with Gasteiger partial charge in [-0.25, -0.2) is 17.2 Å². The smallest absolute Gasteiger partial charge is 0.446 e. The van der Waals surface area contributed by atoms with Gasteiger partial charge in [0.2, 0.25) is 0 Å². The molecule has 0 aliphatic rings. The summed E-state index contributed by atoms with van der Waals surface area (Å²) in [5.74, 6) is -23.9. The number of sulfone groups is 1. The molecule has 1 rings (SSSR count). The first-order valence-electron chi connectivity index (χ1n) is 7.89. The molecule has 0 fully saturated rings. The molecule has 34 heavy (non-hydrogen) atoms. The lowest BCUT2D eigenvalue weighted by molar-refractivity contribution is -0.388. The van der Waals surface area contributed by atoms with Crippen LogP contribution in [0.25, 0.3) is 0 Å². The molecule has 0 amide bonds. The Labute approximate surface area is 185 Å². The molecule has 0 aliphatic carbocycles. The number of halogens is 11. The molecule has 0 unspecified atom stereocenters. The minimum atomic E-state index is -6.75. The van der Waals surface area contributed by atoms with E-state index in [2.05, 4.69) is 4.74 Å². The number of nitro benzene ring substituents is 1. The lowest BCUT2D eigenvalue weighted by Gasteiger charge is -2.31. The maximum atomic E-state index is 13.3. The number of carbonyl (C=O) groups is 1. The number of hydrogen-bond donors (Lipinski definition) is 0. The Morgan fingerprint density at radius 2 is 1.59 bits per heavy atom. The molecule has 7 nitrogen and oxygen atoms in total. The van der Waals surface area contributed by atoms with Gasteiger partial charge in [-0.05, 0) is 23.9 Å². The fourth-order valence-corrected chi connectivity index (χ4v) is 3.87. The first-order chi connectivity index (χ1) is 15.0. The van der Waals surface area contributed by atoms with Crippen molar-refractivity contribution >= 4 is 33.3 Å². The van der Waals surface area contributed by atoms with E-state index in [9.17, 15) is 71.6 Å². The third-order valence-corrected chi connectivity index (χ3v) is 5.92. The highest BCUT2D eigenvalue weighted by Crippen LogP contribution is 2.48. The van der Waals surface area contributed by atoms with Crippen LogP contribution in [0.1, 0.15) is 0 Å². The van der Waals surface area contributed by atoms with Gasteiger partial charge in [0.05, 0.1) is 4.92 Å². The third kappa shape index (κ3) is 6.60. The number of rotatable bonds is 10. The standard InChI is InChI=1S/C14H8F11NO6S2/c15-10(16)12(19,20)13(21,22)11(17,18)5-32-9(27)4-34(30,31)8-2-1-6(33-14(23,24)25)3-7(8)26(28)29/h1-3,10H,4-5H2. The van der Waals surface area contributed by atoms with Crippen LogP contribution < -0.4 is 0 Å². The molecule has 194 valence electrons. The predicted octanol–water partition coefficient (Wildman–Crippen LogP) is 4.69. The maximum absolute atomic E-state index is 13.3. The maximum Gasteiger partial charge on any atom is 0.446 e. The van der Waals surface area contributed by atoms with Gasteiger partial charge in [0.25, 0.3) is 5.69 Å². The molecule has 0 spiro atoms. The lowest BCUT2D eigenvalue weighted by atomic mass is 10.1. The van der Waals surface area contributed by atoms with Gasteiger partial charge in [0.15, 0.2) is 22.2 Å². The number of alkyl halides is 11. The molecular formula is C14H8F11NO6S2. The van der Waals surface area contributed by atoms with Crippen LogP contribution in [0.15, 0.2) is 28.0 Å². The summed E-state index contributed by atoms with van der Waals surface area (Å²) in [4.78, 5) is 18.8. The second-order valence-corrected chi connectivity index (χ2v) is 9.15. The van der Waals surface area contributed by atoms with Gasteiger partial charge < -0.3 is 4.74 Å². The summed E-state index contributed by atoms with van der Waals surface area (Å²) in [5.41, 5.74) is -6.43. The van der Waals surface area contributed by atoms with E-state index in [-0.39, 0.29) is 12.1 Å². The zero-order chi connectivity index (χ0) is 26.9. The fraction of sp³-hybridized carbons (Fsp3) is 0.500. The second kappa shape index (κ2) is 9.70. The fourth-order valence-electron chi connectivity index (χ4n) is 2.02. The number of benzene rings is 1. The summed E-state index contributed by atoms with van der Waals surface area (Å²) >= 11 is -0.877. The minimum Gasteiger partial charge on any atom is -0.458 e. The monoisotopic (exact) mass is 559 g/mol. The van der Waals surface area contributed by atoms with Crippen molar-refractivity contribution < 1.29 is 71.2 Å². The minimum absolute atomic E-state index is 0.150. The van der Waals surface area contributed by atoms with Crippen molar-refractivity contribution in [3.8, 4) is 0 Å². The molecule has 0 aliphatic heterocycles. The van der Waals surface area contributed by atoms with Crippen LogP contribution in [-0.4, -0.2) is 61.4 Å². The number of thioether (sulfide) groups is 1. The molecule has 20 heteroatoms. The van der Waals surface area contributed by atoms with E-state index in [1.54, 1.807) is 0 Å². The van der Waals surface area contributed by atoms with E-state index in [0.29, 0.717) is 6.07 Å². The summed E-state index contributed by atoms with van der Waals surface area (Å²) in [6, 6.07) is 0.836. The van der Waals surface area contributed by atoms with Crippen molar-refractivity contribution in [3.05, 3.63) is 28.3 Å². The normalized spacial score (nSPS) is 13.8. The molecule has 0 aromatic heterocycles. The largest absolute Gasteiger partial charge is 0.458 e. The molecule has 0 heterocycles. The highest BCUT2D eigenvalue weighted by atomic mass is 32.2. The molecule has 0 bridgehead atoms. The quantitative estimate of drug-likeness (QED) is 0.135. The van der Waals surface area contributed by atoms with Crippen molar-refractivity contribution in [1.82, 2.24) is 0 Å². The number of carbonyl (C=O) groups excluding carboxylic acids is 1. The predicted molar refractivity (Wildman–Crippen MR) is 88.9 cm³/mol. The summed E-state index contributed by atoms with van der Waals surface area (Å²) in [6.45, 7) is -2.99. The molecular weight excluding hydrogens is 551 g/mol. The Morgan fingerprint density at radius 1 is 1.06 bits per heavy atom. The average Bonchev–Trinajstić information content (AvgIpc) is 2.64. The van der Waals surface area contributed by atoms with Gasteiger partial charge in [-0.1, -0.05) is 0 Å². The van der Waals surface area contributed by atoms with Crippen LogP contribution >= 0.6 is 11.8 Å². The molecule has 0 saturated carbocycles. The number of hydrogen-bond acceptors (Lipinski definition) is 7. The molecule has 0 radical (unpaired) electrons. The molecule has 1 aromatic rings. The number of esters is 1. The Balaban J connectivity index is 3.10. The third-order valence-electron chi connectivity index (χ3n) is 3.57. The zero-order valence-corrected chi connectivity index (χ0v) is 17.2. The van der Waals surface area contributed by atoms with Crippen LogP contribution in [0.3, 0.4) is 0 Å². The first-order valence-corrected chi connectivity index (χ1v) is 10.4. The van der Waals surface area contributed by atoms with Crippen LogP contribution in [0.2, 0.25) is 0 Å². The topological polar surface area (TPSA) is 104 Å². The van der Waals surface area contributed by atoms with E-state index in [4.69, 9.17) is 0 Å². The van der Waals surface area contributed by atoms with Gasteiger partial charge in [0, 0.05) is 11.0 Å². The van der Waals surface area contributed by atoms with Gasteiger partial charge >= 0.3 is 35.7 Å². The van der Waals surface area contributed by atoms with Crippen LogP contribution in [0.5, 0.6) is 0 Å². The van der Waals surface area contributed by atoms with Gasteiger partial charge in [-0.2, -0.15) is 39.5 Å². The highest BCUT2D eigenvalue weighted by molar-refractivity contribution is 8.00. The van der Waals surface area contributed by atoms with Crippen molar-refractivity contribution in [1.29, 1.82) is 0 Å². The number of nitro groups is 1. The molecule has 1 aromatic carbocycles. The van der Waals surface area contributed by atoms with E-state index in [1.165, 1.54) is 0 Å². The van der Waals surface area contributed by atoms with Gasteiger partial charge in [0.1, 0.15) is 4.90 Å². The van der Waals surface area contributed by atoms with Crippen LogP contribution in [-0.2, 0) is 19.4 Å². The Hall–Kier alpha value is -2.38. The Morgan fingerprint density at radius 3 is 2.03 bits per heavy atom. The molecule has 0 atom stereocenters. The van der Waals surface area contributed by atoms with E-state index in [0.717, 1.165) is 0 Å². The first kappa shape index (κ1) is 29.7. The second-order valence-electron chi connectivity index (χ2n) is 6.06. The molecule has 0 saturated heterocycles. The van der Waals surface area contributed by atoms with E-state index < -0.39 is 90.0 Å². The van der Waals surface area contributed by atoms with Crippen molar-refractivity contribution in [2.45, 2.75) is 39.5 Å². The van der Waals surface area contributed by atoms with Crippen molar-refractivity contribution in [2.24, 2.45) is 0 Å². The zero-order valence-electron chi connectivity index (χ0n) is 15.6. The SMILES string of the molecule is O=C(CS(=O)(=O)c1ccc(SC(F)(F)F)cc1[N+](=O)[O-])OCC(F)(F)C(F)(F)C(F)(F)C(F)F. The van der Waals surface area contributed by atoms with E-state index >= 15 is 0 Å². The summed E-state index contributed by atoms with van der Waals surface area (Å²) in [5, 5.41) is 11.0. The van der Waals surface area contributed by atoms with Crippen LogP contribution in [0.4, 0.5) is 54.0 Å². The Kier molecular flexibility index (Phi) is 8.46. The van der Waals surface area contributed by atoms with Crippen LogP contribution in [0, 0.1) is 10.1 Å². The summed E-state index contributed by atoms with van der Waals surface area (Å²) in [7, 11) is -5.25.